The third kappa shape index (κ3) is 3.60. The Labute approximate surface area is 115 Å². The van der Waals surface area contributed by atoms with E-state index in [9.17, 15) is 8.78 Å². The number of rotatable bonds is 4. The van der Waals surface area contributed by atoms with Gasteiger partial charge in [-0.15, -0.1) is 0 Å². The first-order valence-corrected chi connectivity index (χ1v) is 6.14. The molecule has 0 heterocycles. The Morgan fingerprint density at radius 1 is 1.00 bits per heavy atom. The first kappa shape index (κ1) is 14.1. The maximum absolute atomic E-state index is 13.5. The topological polar surface area (TPSA) is 44.5 Å². The predicted molar refractivity (Wildman–Crippen MR) is 73.1 cm³/mol. The Bertz CT molecular complexity index is 615. The van der Waals surface area contributed by atoms with Crippen molar-refractivity contribution in [3.63, 3.8) is 0 Å². The molecule has 0 unspecified atom stereocenters. The van der Waals surface area contributed by atoms with E-state index in [0.717, 1.165) is 18.2 Å². The number of anilines is 1. The molecule has 3 nitrogen and oxygen atoms in total. The average molecular weight is 279 g/mol. The molecule has 0 amide bonds. The Morgan fingerprint density at radius 3 is 2.40 bits per heavy atom. The largest absolute Gasteiger partial charge is 0.491 e. The van der Waals surface area contributed by atoms with Crippen LogP contribution in [0.3, 0.4) is 0 Å². The van der Waals surface area contributed by atoms with Crippen molar-refractivity contribution in [3.05, 3.63) is 48.0 Å². The zero-order valence-corrected chi connectivity index (χ0v) is 11.2. The standard InChI is InChI=1S/C15H15F2NO2/c1-9(2)19-12-6-11(18)7-13(8-12)20-15-5-10(16)3-4-14(15)17/h3-9H,18H2,1-2H3. The van der Waals surface area contributed by atoms with E-state index in [4.69, 9.17) is 15.2 Å². The lowest BCUT2D eigenvalue weighted by atomic mass is 10.2. The van der Waals surface area contributed by atoms with Crippen molar-refractivity contribution in [2.75, 3.05) is 5.73 Å². The van der Waals surface area contributed by atoms with Crippen LogP contribution in [0, 0.1) is 11.6 Å². The van der Waals surface area contributed by atoms with Gasteiger partial charge in [0.05, 0.1) is 6.10 Å². The van der Waals surface area contributed by atoms with Gasteiger partial charge in [0.1, 0.15) is 17.3 Å². The van der Waals surface area contributed by atoms with Gasteiger partial charge in [0.25, 0.3) is 0 Å². The molecule has 2 rings (SSSR count). The van der Waals surface area contributed by atoms with Crippen molar-refractivity contribution >= 4 is 5.69 Å². The van der Waals surface area contributed by atoms with Crippen LogP contribution < -0.4 is 15.2 Å². The quantitative estimate of drug-likeness (QED) is 0.856. The van der Waals surface area contributed by atoms with Crippen LogP contribution in [0.25, 0.3) is 0 Å². The smallest absolute Gasteiger partial charge is 0.165 e. The van der Waals surface area contributed by atoms with Gasteiger partial charge < -0.3 is 15.2 Å². The van der Waals surface area contributed by atoms with E-state index in [2.05, 4.69) is 0 Å². The van der Waals surface area contributed by atoms with Crippen LogP contribution >= 0.6 is 0 Å². The second-order valence-corrected chi connectivity index (χ2v) is 4.58. The minimum absolute atomic E-state index is 0.0319. The molecule has 2 aromatic carbocycles. The molecule has 0 saturated carbocycles. The van der Waals surface area contributed by atoms with Gasteiger partial charge in [-0.05, 0) is 26.0 Å². The molecule has 2 N–H and O–H groups in total. The van der Waals surface area contributed by atoms with Gasteiger partial charge in [0.2, 0.25) is 0 Å². The summed E-state index contributed by atoms with van der Waals surface area (Å²) in [5, 5.41) is 0. The van der Waals surface area contributed by atoms with Gasteiger partial charge in [-0.2, -0.15) is 0 Å². The fourth-order valence-electron chi connectivity index (χ4n) is 1.68. The zero-order chi connectivity index (χ0) is 14.7. The molecule has 20 heavy (non-hydrogen) atoms. The fraction of sp³-hybridized carbons (Fsp3) is 0.200. The number of halogens is 2. The monoisotopic (exact) mass is 279 g/mol. The minimum atomic E-state index is -0.653. The third-order valence-corrected chi connectivity index (χ3v) is 2.40. The lowest BCUT2D eigenvalue weighted by Gasteiger charge is -2.13. The van der Waals surface area contributed by atoms with E-state index in [0.29, 0.717) is 11.4 Å². The van der Waals surface area contributed by atoms with Crippen LogP contribution in [0.2, 0.25) is 0 Å². The minimum Gasteiger partial charge on any atom is -0.491 e. The van der Waals surface area contributed by atoms with Gasteiger partial charge in [-0.1, -0.05) is 0 Å². The fourth-order valence-corrected chi connectivity index (χ4v) is 1.68. The Kier molecular flexibility index (Phi) is 4.08. The summed E-state index contributed by atoms with van der Waals surface area (Å²) >= 11 is 0. The van der Waals surface area contributed by atoms with Gasteiger partial charge in [0, 0.05) is 30.0 Å². The first-order valence-electron chi connectivity index (χ1n) is 6.14. The molecule has 0 radical (unpaired) electrons. The highest BCUT2D eigenvalue weighted by Crippen LogP contribution is 2.30. The number of hydrogen-bond acceptors (Lipinski definition) is 3. The first-order chi connectivity index (χ1) is 9.44. The van der Waals surface area contributed by atoms with Crippen molar-refractivity contribution in [2.45, 2.75) is 20.0 Å². The molecule has 0 spiro atoms. The second kappa shape index (κ2) is 5.77. The molecule has 0 aromatic heterocycles. The van der Waals surface area contributed by atoms with Crippen molar-refractivity contribution in [2.24, 2.45) is 0 Å². The van der Waals surface area contributed by atoms with Crippen molar-refractivity contribution in [1.29, 1.82) is 0 Å². The molecule has 2 aromatic rings. The van der Waals surface area contributed by atoms with Crippen LogP contribution in [-0.4, -0.2) is 6.10 Å². The summed E-state index contributed by atoms with van der Waals surface area (Å²) in [6.07, 6.45) is -0.0319. The highest BCUT2D eigenvalue weighted by molar-refractivity contribution is 5.51. The van der Waals surface area contributed by atoms with Gasteiger partial charge in [-0.3, -0.25) is 0 Å². The molecule has 0 atom stereocenters. The van der Waals surface area contributed by atoms with E-state index in [-0.39, 0.29) is 17.6 Å². The van der Waals surface area contributed by atoms with Gasteiger partial charge >= 0.3 is 0 Å². The molecule has 0 saturated heterocycles. The molecule has 0 fully saturated rings. The molecule has 0 bridgehead atoms. The summed E-state index contributed by atoms with van der Waals surface area (Å²) in [6.45, 7) is 3.74. The molecule has 0 aliphatic heterocycles. The summed E-state index contributed by atoms with van der Waals surface area (Å²) in [7, 11) is 0. The van der Waals surface area contributed by atoms with Crippen LogP contribution in [-0.2, 0) is 0 Å². The van der Waals surface area contributed by atoms with Gasteiger partial charge in [-0.25, -0.2) is 8.78 Å². The predicted octanol–water partition coefficient (Wildman–Crippen LogP) is 4.13. The van der Waals surface area contributed by atoms with Crippen molar-refractivity contribution in [3.8, 4) is 17.2 Å². The molecule has 0 aliphatic carbocycles. The van der Waals surface area contributed by atoms with E-state index in [1.807, 2.05) is 13.8 Å². The normalized spacial score (nSPS) is 10.7. The van der Waals surface area contributed by atoms with Crippen LogP contribution in [0.15, 0.2) is 36.4 Å². The highest BCUT2D eigenvalue weighted by atomic mass is 19.1. The molecule has 106 valence electrons. The maximum atomic E-state index is 13.5. The van der Waals surface area contributed by atoms with Crippen molar-refractivity contribution < 1.29 is 18.3 Å². The second-order valence-electron chi connectivity index (χ2n) is 4.58. The summed E-state index contributed by atoms with van der Waals surface area (Å²) in [6, 6.07) is 7.71. The summed E-state index contributed by atoms with van der Waals surface area (Å²) in [5.41, 5.74) is 6.14. The number of nitrogen functional groups attached to an aromatic ring is 1. The van der Waals surface area contributed by atoms with Crippen molar-refractivity contribution in [1.82, 2.24) is 0 Å². The molecule has 5 heteroatoms. The SMILES string of the molecule is CC(C)Oc1cc(N)cc(Oc2cc(F)ccc2F)c1. The van der Waals surface area contributed by atoms with E-state index >= 15 is 0 Å². The number of hydrogen-bond donors (Lipinski definition) is 1. The van der Waals surface area contributed by atoms with Gasteiger partial charge in [0.15, 0.2) is 11.6 Å². The summed E-state index contributed by atoms with van der Waals surface area (Å²) in [5.74, 6) is -0.646. The Balaban J connectivity index is 2.28. The molecule has 0 aliphatic rings. The van der Waals surface area contributed by atoms with Crippen LogP contribution in [0.4, 0.5) is 14.5 Å². The lowest BCUT2D eigenvalue weighted by Crippen LogP contribution is -2.06. The average Bonchev–Trinajstić information content (AvgIpc) is 2.32. The van der Waals surface area contributed by atoms with Crippen LogP contribution in [0.1, 0.15) is 13.8 Å². The summed E-state index contributed by atoms with van der Waals surface area (Å²) in [4.78, 5) is 0. The maximum Gasteiger partial charge on any atom is 0.165 e. The van der Waals surface area contributed by atoms with Crippen LogP contribution in [0.5, 0.6) is 17.2 Å². The number of ether oxygens (including phenoxy) is 2. The summed E-state index contributed by atoms with van der Waals surface area (Å²) < 4.78 is 37.4. The lowest BCUT2D eigenvalue weighted by molar-refractivity contribution is 0.241. The van der Waals surface area contributed by atoms with E-state index < -0.39 is 11.6 Å². The molecular formula is C15H15F2NO2. The number of nitrogens with two attached hydrogens (primary N) is 1. The number of benzene rings is 2. The Hall–Kier alpha value is -2.30. The third-order valence-electron chi connectivity index (χ3n) is 2.40. The van der Waals surface area contributed by atoms with E-state index in [1.54, 1.807) is 12.1 Å². The zero-order valence-electron chi connectivity index (χ0n) is 11.2. The highest BCUT2D eigenvalue weighted by Gasteiger charge is 2.09. The molecular weight excluding hydrogens is 264 g/mol. The van der Waals surface area contributed by atoms with E-state index in [1.165, 1.54) is 6.07 Å². The Morgan fingerprint density at radius 2 is 1.70 bits per heavy atom.